The van der Waals surface area contributed by atoms with Crippen molar-refractivity contribution in [1.29, 1.82) is 0 Å². The van der Waals surface area contributed by atoms with E-state index in [4.69, 9.17) is 0 Å². The number of hydrogen-bond donors (Lipinski definition) is 1. The highest BCUT2D eigenvalue weighted by molar-refractivity contribution is 7.78. The van der Waals surface area contributed by atoms with Crippen molar-refractivity contribution >= 4 is 40.2 Å². The van der Waals surface area contributed by atoms with Gasteiger partial charge in [-0.05, 0) is 30.3 Å². The SMILES string of the molecule is Cc1cc2ncnn2cc1Nc1ncc2c(n1)n([C@@H]1CC[SH+]C1)c(=O)n2C. The number of fused-ring (bicyclic) bond motifs is 2. The van der Waals surface area contributed by atoms with Crippen LogP contribution in [0.25, 0.3) is 16.8 Å². The minimum atomic E-state index is -0.0289. The van der Waals surface area contributed by atoms with Crippen LogP contribution in [0.1, 0.15) is 18.0 Å². The fraction of sp³-hybridized carbons (Fsp3) is 0.353. The summed E-state index contributed by atoms with van der Waals surface area (Å²) in [4.78, 5) is 26.0. The normalized spacial score (nSPS) is 17.2. The minimum Gasteiger partial charge on any atom is -0.323 e. The second-order valence-corrected chi connectivity index (χ2v) is 8.00. The summed E-state index contributed by atoms with van der Waals surface area (Å²) in [5.74, 6) is 2.58. The first kappa shape index (κ1) is 16.3. The fourth-order valence-electron chi connectivity index (χ4n) is 3.52. The van der Waals surface area contributed by atoms with Crippen LogP contribution in [-0.4, -0.2) is 45.2 Å². The molecule has 0 aliphatic carbocycles. The Morgan fingerprint density at radius 3 is 3.04 bits per heavy atom. The monoisotopic (exact) mass is 383 g/mol. The summed E-state index contributed by atoms with van der Waals surface area (Å²) in [7, 11) is 1.77. The van der Waals surface area contributed by atoms with E-state index in [1.54, 1.807) is 22.3 Å². The van der Waals surface area contributed by atoms with Crippen molar-refractivity contribution in [2.75, 3.05) is 16.8 Å². The van der Waals surface area contributed by atoms with Gasteiger partial charge in [0.1, 0.15) is 23.3 Å². The molecule has 1 aliphatic heterocycles. The molecule has 5 rings (SSSR count). The third-order valence-corrected chi connectivity index (χ3v) is 6.28. The van der Waals surface area contributed by atoms with E-state index in [2.05, 4.69) is 25.4 Å². The van der Waals surface area contributed by atoms with Crippen molar-refractivity contribution in [3.8, 4) is 0 Å². The average molecular weight is 383 g/mol. The number of imidazole rings is 1. The molecule has 1 atom stereocenters. The van der Waals surface area contributed by atoms with Gasteiger partial charge in [-0.1, -0.05) is 0 Å². The Hall–Kier alpha value is -2.88. The lowest BCUT2D eigenvalue weighted by molar-refractivity contribution is 0.544. The number of hydrogen-bond acceptors (Lipinski definition) is 6. The molecule has 0 aromatic carbocycles. The van der Waals surface area contributed by atoms with E-state index < -0.39 is 0 Å². The van der Waals surface area contributed by atoms with Gasteiger partial charge in [0.2, 0.25) is 5.95 Å². The second-order valence-electron chi connectivity index (χ2n) is 6.74. The summed E-state index contributed by atoms with van der Waals surface area (Å²) in [5, 5.41) is 7.42. The Labute approximate surface area is 158 Å². The molecule has 138 valence electrons. The Morgan fingerprint density at radius 1 is 1.33 bits per heavy atom. The van der Waals surface area contributed by atoms with Crippen LogP contribution in [0.15, 0.2) is 29.6 Å². The van der Waals surface area contributed by atoms with Gasteiger partial charge in [0, 0.05) is 13.5 Å². The topological polar surface area (TPSA) is 94.9 Å². The number of anilines is 2. The molecule has 0 radical (unpaired) electrons. The van der Waals surface area contributed by atoms with E-state index in [-0.39, 0.29) is 11.7 Å². The van der Waals surface area contributed by atoms with E-state index in [0.717, 1.165) is 40.3 Å². The lowest BCUT2D eigenvalue weighted by Crippen LogP contribution is -2.26. The smallest absolute Gasteiger partial charge is 0.323 e. The maximum atomic E-state index is 12.7. The van der Waals surface area contributed by atoms with Crippen LogP contribution in [0.5, 0.6) is 0 Å². The van der Waals surface area contributed by atoms with E-state index in [1.165, 1.54) is 18.1 Å². The van der Waals surface area contributed by atoms with Crippen molar-refractivity contribution in [2.45, 2.75) is 19.4 Å². The molecule has 9 nitrogen and oxygen atoms in total. The van der Waals surface area contributed by atoms with Crippen LogP contribution < -0.4 is 11.0 Å². The number of aryl methyl sites for hydroxylation is 2. The zero-order valence-electron chi connectivity index (χ0n) is 15.0. The van der Waals surface area contributed by atoms with Crippen molar-refractivity contribution < 1.29 is 0 Å². The maximum absolute atomic E-state index is 12.7. The molecule has 1 saturated heterocycles. The molecule has 0 bridgehead atoms. The highest BCUT2D eigenvalue weighted by Crippen LogP contribution is 2.24. The molecule has 4 aromatic rings. The van der Waals surface area contributed by atoms with Gasteiger partial charge in [0.25, 0.3) is 0 Å². The summed E-state index contributed by atoms with van der Waals surface area (Å²) in [5.41, 5.74) is 4.04. The van der Waals surface area contributed by atoms with E-state index >= 15 is 0 Å². The first-order chi connectivity index (χ1) is 13.1. The molecular weight excluding hydrogens is 364 g/mol. The molecular formula is C17H19N8OS+. The largest absolute Gasteiger partial charge is 0.330 e. The van der Waals surface area contributed by atoms with Gasteiger partial charge in [0.15, 0.2) is 11.3 Å². The van der Waals surface area contributed by atoms with E-state index in [9.17, 15) is 4.79 Å². The number of nitrogens with one attached hydrogen (secondary N) is 1. The van der Waals surface area contributed by atoms with Crippen LogP contribution in [0.2, 0.25) is 0 Å². The predicted molar refractivity (Wildman–Crippen MR) is 106 cm³/mol. The molecule has 27 heavy (non-hydrogen) atoms. The Balaban J connectivity index is 1.60. The number of pyridine rings is 1. The average Bonchev–Trinajstić information content (AvgIpc) is 3.37. The standard InChI is InChI=1S/C17H18N8OS/c1-10-5-14-19-9-20-24(14)7-12(10)21-16-18-6-13-15(22-16)25(17(26)23(13)2)11-3-4-27-8-11/h5-7,9,11H,3-4,8H2,1-2H3,(H,18,21,22)/p+1/t11-/m1/s1. The van der Waals surface area contributed by atoms with Crippen molar-refractivity contribution in [2.24, 2.45) is 7.05 Å². The summed E-state index contributed by atoms with van der Waals surface area (Å²) < 4.78 is 5.15. The Bertz CT molecular complexity index is 1220. The highest BCUT2D eigenvalue weighted by atomic mass is 32.2. The minimum absolute atomic E-state index is 0.0289. The Morgan fingerprint density at radius 2 is 2.22 bits per heavy atom. The van der Waals surface area contributed by atoms with Gasteiger partial charge in [-0.15, -0.1) is 0 Å². The van der Waals surface area contributed by atoms with E-state index in [0.29, 0.717) is 11.6 Å². The second kappa shape index (κ2) is 6.08. The predicted octanol–water partition coefficient (Wildman–Crippen LogP) is 0.984. The summed E-state index contributed by atoms with van der Waals surface area (Å²) in [6.45, 7) is 1.99. The Kier molecular flexibility index (Phi) is 3.67. The molecule has 10 heteroatoms. The van der Waals surface area contributed by atoms with Gasteiger partial charge < -0.3 is 5.32 Å². The quantitative estimate of drug-likeness (QED) is 0.419. The fourth-order valence-corrected chi connectivity index (χ4v) is 4.82. The van der Waals surface area contributed by atoms with Gasteiger partial charge in [-0.25, -0.2) is 19.3 Å². The van der Waals surface area contributed by atoms with E-state index in [1.807, 2.05) is 23.8 Å². The number of nitrogens with zero attached hydrogens (tertiary/aromatic N) is 7. The number of rotatable bonds is 3. The number of thiol groups is 1. The van der Waals surface area contributed by atoms with Gasteiger partial charge in [-0.2, -0.15) is 10.1 Å². The lowest BCUT2D eigenvalue weighted by atomic mass is 10.2. The van der Waals surface area contributed by atoms with Gasteiger partial charge in [-0.3, -0.25) is 9.13 Å². The molecule has 0 saturated carbocycles. The third-order valence-electron chi connectivity index (χ3n) is 5.03. The molecule has 5 heterocycles. The molecule has 1 fully saturated rings. The maximum Gasteiger partial charge on any atom is 0.330 e. The van der Waals surface area contributed by atoms with Crippen molar-refractivity contribution in [3.63, 3.8) is 0 Å². The molecule has 0 spiro atoms. The summed E-state index contributed by atoms with van der Waals surface area (Å²) in [6, 6.07) is 2.16. The lowest BCUT2D eigenvalue weighted by Gasteiger charge is -2.10. The zero-order valence-corrected chi connectivity index (χ0v) is 15.9. The third kappa shape index (κ3) is 2.59. The first-order valence-electron chi connectivity index (χ1n) is 8.76. The van der Waals surface area contributed by atoms with Crippen LogP contribution in [0, 0.1) is 6.92 Å². The van der Waals surface area contributed by atoms with Gasteiger partial charge >= 0.3 is 5.69 Å². The number of aromatic nitrogens is 7. The van der Waals surface area contributed by atoms with Crippen molar-refractivity contribution in [3.05, 3.63) is 40.8 Å². The van der Waals surface area contributed by atoms with Crippen LogP contribution >= 0.6 is 0 Å². The first-order valence-corrected chi connectivity index (χ1v) is 10.0. The molecule has 0 unspecified atom stereocenters. The summed E-state index contributed by atoms with van der Waals surface area (Å²) in [6.07, 6.45) is 6.10. The molecule has 1 aliphatic rings. The zero-order chi connectivity index (χ0) is 18.5. The van der Waals surface area contributed by atoms with Crippen molar-refractivity contribution in [1.82, 2.24) is 33.7 Å². The van der Waals surface area contributed by atoms with Crippen LogP contribution in [0.3, 0.4) is 0 Å². The van der Waals surface area contributed by atoms with Gasteiger partial charge in [0.05, 0.1) is 24.1 Å². The molecule has 4 aromatic heterocycles. The molecule has 1 N–H and O–H groups in total. The van der Waals surface area contributed by atoms with Crippen LogP contribution in [0.4, 0.5) is 11.6 Å². The summed E-state index contributed by atoms with van der Waals surface area (Å²) >= 11 is 1.39. The van der Waals surface area contributed by atoms with Crippen LogP contribution in [-0.2, 0) is 18.8 Å². The highest BCUT2D eigenvalue weighted by Gasteiger charge is 2.28. The molecule has 0 amide bonds.